The summed E-state index contributed by atoms with van der Waals surface area (Å²) in [4.78, 5) is 27.6. The van der Waals surface area contributed by atoms with Crippen molar-refractivity contribution in [2.24, 2.45) is 5.92 Å². The van der Waals surface area contributed by atoms with E-state index in [1.165, 1.54) is 12.1 Å². The first-order chi connectivity index (χ1) is 9.56. The average molecular weight is 278 g/mol. The Morgan fingerprint density at radius 1 is 1.30 bits per heavy atom. The van der Waals surface area contributed by atoms with Crippen molar-refractivity contribution < 1.29 is 14.0 Å². The van der Waals surface area contributed by atoms with Crippen LogP contribution in [0.3, 0.4) is 0 Å². The van der Waals surface area contributed by atoms with E-state index in [2.05, 4.69) is 0 Å². The molecule has 0 aliphatic carbocycles. The number of hydrogen-bond acceptors (Lipinski definition) is 2. The summed E-state index contributed by atoms with van der Waals surface area (Å²) in [6.07, 6.45) is 0.229. The lowest BCUT2D eigenvalue weighted by Crippen LogP contribution is -2.37. The van der Waals surface area contributed by atoms with Gasteiger partial charge in [0.2, 0.25) is 11.8 Å². The van der Waals surface area contributed by atoms with Gasteiger partial charge in [-0.1, -0.05) is 0 Å². The molecule has 1 aromatic carbocycles. The van der Waals surface area contributed by atoms with Gasteiger partial charge in [0.1, 0.15) is 5.82 Å². The summed E-state index contributed by atoms with van der Waals surface area (Å²) >= 11 is 0. The van der Waals surface area contributed by atoms with E-state index in [1.54, 1.807) is 21.9 Å². The Kier molecular flexibility index (Phi) is 4.37. The van der Waals surface area contributed by atoms with Crippen molar-refractivity contribution >= 4 is 17.5 Å². The van der Waals surface area contributed by atoms with Gasteiger partial charge in [-0.25, -0.2) is 4.39 Å². The van der Waals surface area contributed by atoms with Crippen LogP contribution in [0.4, 0.5) is 10.1 Å². The molecule has 1 fully saturated rings. The maximum Gasteiger partial charge on any atom is 0.227 e. The van der Waals surface area contributed by atoms with Crippen LogP contribution in [-0.4, -0.2) is 36.3 Å². The highest BCUT2D eigenvalue weighted by atomic mass is 19.1. The summed E-state index contributed by atoms with van der Waals surface area (Å²) in [6.45, 7) is 5.53. The first-order valence-electron chi connectivity index (χ1n) is 6.91. The number of nitrogens with zero attached hydrogens (tertiary/aromatic N) is 2. The third-order valence-electron chi connectivity index (χ3n) is 3.69. The number of rotatable bonds is 4. The van der Waals surface area contributed by atoms with E-state index in [4.69, 9.17) is 0 Å². The lowest BCUT2D eigenvalue weighted by molar-refractivity contribution is -0.135. The number of amides is 2. The quantitative estimate of drug-likeness (QED) is 0.845. The van der Waals surface area contributed by atoms with Gasteiger partial charge >= 0.3 is 0 Å². The van der Waals surface area contributed by atoms with Crippen LogP contribution < -0.4 is 4.90 Å². The Balaban J connectivity index is 2.11. The number of halogens is 1. The van der Waals surface area contributed by atoms with Crippen molar-refractivity contribution in [3.05, 3.63) is 30.1 Å². The molecule has 0 saturated carbocycles. The Labute approximate surface area is 118 Å². The Bertz CT molecular complexity index is 497. The molecule has 108 valence electrons. The van der Waals surface area contributed by atoms with E-state index < -0.39 is 0 Å². The summed E-state index contributed by atoms with van der Waals surface area (Å²) in [5, 5.41) is 0. The average Bonchev–Trinajstić information content (AvgIpc) is 2.83. The fourth-order valence-corrected chi connectivity index (χ4v) is 2.54. The molecule has 0 N–H and O–H groups in total. The predicted octanol–water partition coefficient (Wildman–Crippen LogP) is 2.05. The molecule has 1 heterocycles. The van der Waals surface area contributed by atoms with E-state index in [9.17, 15) is 14.0 Å². The molecule has 1 unspecified atom stereocenters. The molecule has 2 amide bonds. The summed E-state index contributed by atoms with van der Waals surface area (Å²) in [6, 6.07) is 5.78. The molecule has 0 aromatic heterocycles. The van der Waals surface area contributed by atoms with Gasteiger partial charge in [-0.3, -0.25) is 9.59 Å². The van der Waals surface area contributed by atoms with Gasteiger partial charge in [0.15, 0.2) is 0 Å². The van der Waals surface area contributed by atoms with Crippen LogP contribution in [0.1, 0.15) is 20.3 Å². The minimum Gasteiger partial charge on any atom is -0.343 e. The zero-order chi connectivity index (χ0) is 14.7. The van der Waals surface area contributed by atoms with Crippen LogP contribution in [0.25, 0.3) is 0 Å². The summed E-state index contributed by atoms with van der Waals surface area (Å²) < 4.78 is 12.9. The number of carbonyl (C=O) groups is 2. The van der Waals surface area contributed by atoms with Crippen LogP contribution in [0.15, 0.2) is 24.3 Å². The molecule has 1 aliphatic heterocycles. The van der Waals surface area contributed by atoms with Gasteiger partial charge in [0, 0.05) is 31.7 Å². The van der Waals surface area contributed by atoms with Gasteiger partial charge in [-0.2, -0.15) is 0 Å². The van der Waals surface area contributed by atoms with Crippen molar-refractivity contribution in [2.45, 2.75) is 20.3 Å². The molecule has 0 spiro atoms. The first-order valence-corrected chi connectivity index (χ1v) is 6.91. The number of carbonyl (C=O) groups excluding carboxylic acids is 2. The monoisotopic (exact) mass is 278 g/mol. The highest BCUT2D eigenvalue weighted by Crippen LogP contribution is 2.26. The Morgan fingerprint density at radius 2 is 1.90 bits per heavy atom. The first kappa shape index (κ1) is 14.5. The molecule has 1 aromatic rings. The minimum absolute atomic E-state index is 0.0213. The van der Waals surface area contributed by atoms with Crippen molar-refractivity contribution in [1.82, 2.24) is 4.90 Å². The smallest absolute Gasteiger partial charge is 0.227 e. The molecular formula is C15H19FN2O2. The molecular weight excluding hydrogens is 259 g/mol. The maximum absolute atomic E-state index is 12.9. The van der Waals surface area contributed by atoms with Crippen molar-refractivity contribution in [3.8, 4) is 0 Å². The topological polar surface area (TPSA) is 40.6 Å². The molecule has 4 nitrogen and oxygen atoms in total. The summed E-state index contributed by atoms with van der Waals surface area (Å²) in [5.41, 5.74) is 0.645. The van der Waals surface area contributed by atoms with Gasteiger partial charge < -0.3 is 9.80 Å². The molecule has 5 heteroatoms. The van der Waals surface area contributed by atoms with Gasteiger partial charge in [0.25, 0.3) is 0 Å². The SMILES string of the molecule is CCN(CC)C(=O)C1CC(=O)N(c2ccc(F)cc2)C1. The number of anilines is 1. The number of benzene rings is 1. The summed E-state index contributed by atoms with van der Waals surface area (Å²) in [5.74, 6) is -0.696. The molecule has 20 heavy (non-hydrogen) atoms. The third kappa shape index (κ3) is 2.81. The van der Waals surface area contributed by atoms with Gasteiger partial charge in [-0.05, 0) is 38.1 Å². The van der Waals surface area contributed by atoms with Crippen molar-refractivity contribution in [3.63, 3.8) is 0 Å². The minimum atomic E-state index is -0.337. The second kappa shape index (κ2) is 6.03. The lowest BCUT2D eigenvalue weighted by atomic mass is 10.1. The second-order valence-corrected chi connectivity index (χ2v) is 4.89. The zero-order valence-electron chi connectivity index (χ0n) is 11.8. The molecule has 1 saturated heterocycles. The van der Waals surface area contributed by atoms with E-state index in [0.29, 0.717) is 25.3 Å². The highest BCUT2D eigenvalue weighted by Gasteiger charge is 2.36. The standard InChI is InChI=1S/C15H19FN2O2/c1-3-17(4-2)15(20)11-9-14(19)18(10-11)13-7-5-12(16)6-8-13/h5-8,11H,3-4,9-10H2,1-2H3. The van der Waals surface area contributed by atoms with Gasteiger partial charge in [-0.15, -0.1) is 0 Å². The fraction of sp³-hybridized carbons (Fsp3) is 0.467. The van der Waals surface area contributed by atoms with Gasteiger partial charge in [0.05, 0.1) is 5.92 Å². The Hall–Kier alpha value is -1.91. The summed E-state index contributed by atoms with van der Waals surface area (Å²) in [7, 11) is 0. The normalized spacial score (nSPS) is 18.4. The Morgan fingerprint density at radius 3 is 2.45 bits per heavy atom. The van der Waals surface area contributed by atoms with Crippen LogP contribution in [0, 0.1) is 11.7 Å². The fourth-order valence-electron chi connectivity index (χ4n) is 2.54. The molecule has 1 atom stereocenters. The van der Waals surface area contributed by atoms with E-state index in [1.807, 2.05) is 13.8 Å². The van der Waals surface area contributed by atoms with E-state index in [-0.39, 0.29) is 30.0 Å². The predicted molar refractivity (Wildman–Crippen MR) is 74.8 cm³/mol. The van der Waals surface area contributed by atoms with Crippen molar-refractivity contribution in [1.29, 1.82) is 0 Å². The highest BCUT2D eigenvalue weighted by molar-refractivity contribution is 6.00. The molecule has 0 radical (unpaired) electrons. The molecule has 0 bridgehead atoms. The largest absolute Gasteiger partial charge is 0.343 e. The van der Waals surface area contributed by atoms with Crippen LogP contribution in [0.5, 0.6) is 0 Å². The van der Waals surface area contributed by atoms with E-state index >= 15 is 0 Å². The zero-order valence-corrected chi connectivity index (χ0v) is 11.8. The van der Waals surface area contributed by atoms with Crippen molar-refractivity contribution in [2.75, 3.05) is 24.5 Å². The van der Waals surface area contributed by atoms with Crippen LogP contribution in [-0.2, 0) is 9.59 Å². The van der Waals surface area contributed by atoms with E-state index in [0.717, 1.165) is 0 Å². The third-order valence-corrected chi connectivity index (χ3v) is 3.69. The molecule has 2 rings (SSSR count). The second-order valence-electron chi connectivity index (χ2n) is 4.89. The maximum atomic E-state index is 12.9. The lowest BCUT2D eigenvalue weighted by Gasteiger charge is -2.22. The number of hydrogen-bond donors (Lipinski definition) is 0. The van der Waals surface area contributed by atoms with Crippen LogP contribution in [0.2, 0.25) is 0 Å². The molecule has 1 aliphatic rings. The van der Waals surface area contributed by atoms with Crippen LogP contribution >= 0.6 is 0 Å².